The van der Waals surface area contributed by atoms with Crippen LogP contribution in [0.4, 0.5) is 0 Å². The molecule has 0 saturated carbocycles. The third-order valence-corrected chi connectivity index (χ3v) is 0. The van der Waals surface area contributed by atoms with Crippen LogP contribution in [0.2, 0.25) is 0 Å². The molecule has 0 atom stereocenters. The van der Waals surface area contributed by atoms with E-state index in [0.29, 0.717) is 0 Å². The fourth-order valence-electron chi connectivity index (χ4n) is 0. The van der Waals surface area contributed by atoms with Crippen LogP contribution in [-0.4, -0.2) is 51.2 Å². The first-order valence-electron chi connectivity index (χ1n) is 0. The van der Waals surface area contributed by atoms with Gasteiger partial charge in [0, 0.05) is 0 Å². The first-order valence-corrected chi connectivity index (χ1v) is 0. The SMILES string of the molecule is O.O.O.[AlH3].[AlH3].[H-].[K+]. The van der Waals surface area contributed by atoms with Crippen molar-refractivity contribution < 1.29 is 69.2 Å². The molecule has 0 aliphatic heterocycles. The molecule has 6 heavy (non-hydrogen) atoms. The first-order chi connectivity index (χ1) is 0. The predicted octanol–water partition coefficient (Wildman–Crippen LogP) is -7.73. The van der Waals surface area contributed by atoms with Gasteiger partial charge in [-0.2, -0.15) is 0 Å². The predicted molar refractivity (Wildman–Crippen MR) is 31.8 cm³/mol. The normalized spacial score (nSPS) is 0. The summed E-state index contributed by atoms with van der Waals surface area (Å²) in [6.45, 7) is 0. The van der Waals surface area contributed by atoms with Gasteiger partial charge in [-0.05, 0) is 0 Å². The van der Waals surface area contributed by atoms with E-state index in [2.05, 4.69) is 0 Å². The van der Waals surface area contributed by atoms with Crippen molar-refractivity contribution in [3.8, 4) is 0 Å². The average Bonchev–Trinajstić information content (AvgIpc) is 0. The van der Waals surface area contributed by atoms with Crippen molar-refractivity contribution in [2.75, 3.05) is 0 Å². The smallest absolute Gasteiger partial charge is 1.00 e. The molecule has 0 aromatic carbocycles. The van der Waals surface area contributed by atoms with Crippen LogP contribution in [0.1, 0.15) is 1.43 Å². The Morgan fingerprint density at radius 1 is 0.667 bits per heavy atom. The number of rotatable bonds is 0. The molecule has 0 radical (unpaired) electrons. The Morgan fingerprint density at radius 3 is 0.667 bits per heavy atom. The second kappa shape index (κ2) is 49.3. The molecule has 0 saturated heterocycles. The molecule has 0 rings (SSSR count). The van der Waals surface area contributed by atoms with Crippen molar-refractivity contribution >= 4 is 34.7 Å². The topological polar surface area (TPSA) is 94.5 Å². The van der Waals surface area contributed by atoms with Crippen LogP contribution in [0.3, 0.4) is 0 Å². The molecule has 0 bridgehead atoms. The number of hydrogen-bond acceptors (Lipinski definition) is 0. The third kappa shape index (κ3) is 30.8. The summed E-state index contributed by atoms with van der Waals surface area (Å²) >= 11 is 0. The van der Waals surface area contributed by atoms with Gasteiger partial charge in [0.1, 0.15) is 0 Å². The molecule has 3 nitrogen and oxygen atoms in total. The second-order valence-electron chi connectivity index (χ2n) is 0. The molecular weight excluding hydrogens is 141 g/mol. The van der Waals surface area contributed by atoms with Gasteiger partial charge in [-0.3, -0.25) is 0 Å². The van der Waals surface area contributed by atoms with Crippen LogP contribution >= 0.6 is 0 Å². The van der Waals surface area contributed by atoms with E-state index in [1.165, 1.54) is 0 Å². The second-order valence-corrected chi connectivity index (χ2v) is 0. The van der Waals surface area contributed by atoms with E-state index in [0.717, 1.165) is 0 Å². The van der Waals surface area contributed by atoms with Gasteiger partial charge in [0.25, 0.3) is 0 Å². The molecule has 0 amide bonds. The Labute approximate surface area is 102 Å². The fraction of sp³-hybridized carbons (Fsp3) is 0. The Hall–Kier alpha value is 2.58. The minimum atomic E-state index is 0. The van der Waals surface area contributed by atoms with E-state index in [1.807, 2.05) is 0 Å². The fourth-order valence-corrected chi connectivity index (χ4v) is 0. The molecule has 0 aromatic rings. The molecular formula is H13Al2KO3. The molecule has 0 spiro atoms. The van der Waals surface area contributed by atoms with Gasteiger partial charge in [-0.15, -0.1) is 0 Å². The molecule has 0 aromatic heterocycles. The van der Waals surface area contributed by atoms with Gasteiger partial charge in [0.15, 0.2) is 34.7 Å². The molecule has 0 aliphatic rings. The van der Waals surface area contributed by atoms with Crippen molar-refractivity contribution in [1.29, 1.82) is 0 Å². The van der Waals surface area contributed by atoms with E-state index in [9.17, 15) is 0 Å². The minimum absolute atomic E-state index is 0. The summed E-state index contributed by atoms with van der Waals surface area (Å²) in [7, 11) is 0. The Kier molecular flexibility index (Phi) is 608. The van der Waals surface area contributed by atoms with Crippen LogP contribution in [0.25, 0.3) is 0 Å². The molecule has 0 heterocycles. The first kappa shape index (κ1) is 74.0. The molecule has 6 N–H and O–H groups in total. The molecule has 6 heteroatoms. The van der Waals surface area contributed by atoms with Crippen molar-refractivity contribution in [3.05, 3.63) is 0 Å². The standard InChI is InChI=1S/2Al.K.3H2O.7H/h;;;3*1H2;;;;;;;/q;;+1;;;;;;;;;;-1. The van der Waals surface area contributed by atoms with E-state index in [-0.39, 0.29) is 104 Å². The summed E-state index contributed by atoms with van der Waals surface area (Å²) in [5.41, 5.74) is 0. The van der Waals surface area contributed by atoms with Crippen LogP contribution in [0, 0.1) is 0 Å². The van der Waals surface area contributed by atoms with Crippen molar-refractivity contribution in [2.24, 2.45) is 0 Å². The largest absolute Gasteiger partial charge is 1.00 e. The zero-order chi connectivity index (χ0) is 0. The minimum Gasteiger partial charge on any atom is -1.00 e. The van der Waals surface area contributed by atoms with Crippen molar-refractivity contribution in [1.82, 2.24) is 0 Å². The number of hydrogen-bond donors (Lipinski definition) is 0. The molecule has 38 valence electrons. The summed E-state index contributed by atoms with van der Waals surface area (Å²) < 4.78 is 0. The molecule has 0 aliphatic carbocycles. The van der Waals surface area contributed by atoms with E-state index < -0.39 is 0 Å². The Bertz CT molecular complexity index is 12.9. The quantitative estimate of drug-likeness (QED) is 0.310. The third-order valence-electron chi connectivity index (χ3n) is 0. The van der Waals surface area contributed by atoms with Crippen LogP contribution < -0.4 is 51.4 Å². The van der Waals surface area contributed by atoms with Crippen molar-refractivity contribution in [3.63, 3.8) is 0 Å². The summed E-state index contributed by atoms with van der Waals surface area (Å²) in [5.74, 6) is 0. The maximum absolute atomic E-state index is 0. The van der Waals surface area contributed by atoms with E-state index in [4.69, 9.17) is 0 Å². The van der Waals surface area contributed by atoms with E-state index >= 15 is 0 Å². The zero-order valence-corrected chi connectivity index (χ0v) is 5.62. The van der Waals surface area contributed by atoms with Crippen molar-refractivity contribution in [2.45, 2.75) is 0 Å². The van der Waals surface area contributed by atoms with Gasteiger partial charge >= 0.3 is 51.4 Å². The summed E-state index contributed by atoms with van der Waals surface area (Å²) in [4.78, 5) is 0. The zero-order valence-electron chi connectivity index (χ0n) is 3.50. The van der Waals surface area contributed by atoms with Gasteiger partial charge < -0.3 is 17.9 Å². The monoisotopic (exact) mass is 154 g/mol. The van der Waals surface area contributed by atoms with Gasteiger partial charge in [0.2, 0.25) is 0 Å². The molecule has 0 fully saturated rings. The van der Waals surface area contributed by atoms with Crippen LogP contribution in [-0.2, 0) is 0 Å². The summed E-state index contributed by atoms with van der Waals surface area (Å²) in [5, 5.41) is 0. The maximum atomic E-state index is 0. The Morgan fingerprint density at radius 2 is 0.667 bits per heavy atom. The molecule has 0 unspecified atom stereocenters. The van der Waals surface area contributed by atoms with Gasteiger partial charge in [0.05, 0.1) is 0 Å². The van der Waals surface area contributed by atoms with E-state index in [1.54, 1.807) is 0 Å². The average molecular weight is 154 g/mol. The Balaban J connectivity index is 0. The maximum Gasteiger partial charge on any atom is 1.00 e. The van der Waals surface area contributed by atoms with Crippen LogP contribution in [0.15, 0.2) is 0 Å². The summed E-state index contributed by atoms with van der Waals surface area (Å²) in [6.07, 6.45) is 0. The van der Waals surface area contributed by atoms with Gasteiger partial charge in [-0.25, -0.2) is 0 Å². The summed E-state index contributed by atoms with van der Waals surface area (Å²) in [6, 6.07) is 0. The van der Waals surface area contributed by atoms with Gasteiger partial charge in [-0.1, -0.05) is 0 Å². The van der Waals surface area contributed by atoms with Crippen LogP contribution in [0.5, 0.6) is 0 Å².